The third-order valence-corrected chi connectivity index (χ3v) is 5.27. The summed E-state index contributed by atoms with van der Waals surface area (Å²) in [5.74, 6) is -0.137. The van der Waals surface area contributed by atoms with E-state index in [1.807, 2.05) is 24.0 Å². The molecule has 2 aliphatic carbocycles. The van der Waals surface area contributed by atoms with Crippen molar-refractivity contribution in [1.29, 1.82) is 0 Å². The van der Waals surface area contributed by atoms with Crippen molar-refractivity contribution in [2.45, 2.75) is 44.7 Å². The van der Waals surface area contributed by atoms with Crippen LogP contribution >= 0.6 is 11.6 Å². The molecule has 0 atom stereocenters. The van der Waals surface area contributed by atoms with Gasteiger partial charge in [-0.05, 0) is 50.2 Å². The van der Waals surface area contributed by atoms with Crippen molar-refractivity contribution in [1.82, 2.24) is 10.2 Å². The topological polar surface area (TPSA) is 81.7 Å². The maximum absolute atomic E-state index is 12.2. The van der Waals surface area contributed by atoms with Crippen molar-refractivity contribution in [3.05, 3.63) is 28.8 Å². The van der Waals surface area contributed by atoms with E-state index in [0.29, 0.717) is 16.6 Å². The summed E-state index contributed by atoms with van der Waals surface area (Å²) in [6.07, 6.45) is 3.97. The molecule has 1 aromatic rings. The summed E-state index contributed by atoms with van der Waals surface area (Å²) in [4.78, 5) is 25.3. The molecule has 7 heteroatoms. The predicted molar refractivity (Wildman–Crippen MR) is 97.1 cm³/mol. The lowest BCUT2D eigenvalue weighted by atomic mass is 9.85. The molecule has 136 valence electrons. The maximum atomic E-state index is 12.2. The van der Waals surface area contributed by atoms with Gasteiger partial charge in [0.15, 0.2) is 0 Å². The molecule has 0 unspecified atom stereocenters. The predicted octanol–water partition coefficient (Wildman–Crippen LogP) is 3.10. The summed E-state index contributed by atoms with van der Waals surface area (Å²) < 4.78 is 0. The Morgan fingerprint density at radius 1 is 1.32 bits per heavy atom. The summed E-state index contributed by atoms with van der Waals surface area (Å²) in [6, 6.07) is 5.51. The van der Waals surface area contributed by atoms with Crippen LogP contribution < -0.4 is 10.6 Å². The molecule has 3 rings (SSSR count). The Morgan fingerprint density at radius 3 is 2.64 bits per heavy atom. The maximum Gasteiger partial charge on any atom is 0.319 e. The molecule has 2 aliphatic rings. The zero-order valence-electron chi connectivity index (χ0n) is 14.3. The zero-order valence-corrected chi connectivity index (χ0v) is 15.1. The number of hydrogen-bond donors (Lipinski definition) is 3. The molecular weight excluding hydrogens is 342 g/mol. The van der Waals surface area contributed by atoms with Crippen molar-refractivity contribution >= 4 is 29.3 Å². The fraction of sp³-hybridized carbons (Fsp3) is 0.556. The van der Waals surface area contributed by atoms with Crippen molar-refractivity contribution in [2.75, 3.05) is 18.4 Å². The van der Waals surface area contributed by atoms with E-state index in [2.05, 4.69) is 10.6 Å². The Hall–Kier alpha value is -1.79. The number of carbonyl (C=O) groups is 2. The van der Waals surface area contributed by atoms with Crippen LogP contribution in [0.2, 0.25) is 5.02 Å². The minimum atomic E-state index is -0.788. The van der Waals surface area contributed by atoms with E-state index in [-0.39, 0.29) is 24.7 Å². The van der Waals surface area contributed by atoms with Gasteiger partial charge in [-0.1, -0.05) is 23.7 Å². The van der Waals surface area contributed by atoms with E-state index in [1.54, 1.807) is 6.07 Å². The van der Waals surface area contributed by atoms with Crippen LogP contribution in [0.3, 0.4) is 0 Å². The number of rotatable bonds is 7. The van der Waals surface area contributed by atoms with Crippen LogP contribution in [0.25, 0.3) is 0 Å². The van der Waals surface area contributed by atoms with Crippen LogP contribution in [0.4, 0.5) is 10.5 Å². The molecule has 0 bridgehead atoms. The summed E-state index contributed by atoms with van der Waals surface area (Å²) in [7, 11) is 0. The first-order valence-electron chi connectivity index (χ1n) is 8.71. The van der Waals surface area contributed by atoms with Crippen molar-refractivity contribution in [3.63, 3.8) is 0 Å². The van der Waals surface area contributed by atoms with Gasteiger partial charge in [0.05, 0.1) is 17.3 Å². The normalized spacial score (nSPS) is 22.4. The van der Waals surface area contributed by atoms with E-state index in [9.17, 15) is 9.59 Å². The number of aliphatic carboxylic acids is 1. The number of urea groups is 1. The molecule has 0 radical (unpaired) electrons. The fourth-order valence-electron chi connectivity index (χ4n) is 3.28. The molecule has 0 saturated heterocycles. The number of nitrogens with zero attached hydrogens (tertiary/aromatic N) is 1. The highest BCUT2D eigenvalue weighted by Gasteiger charge is 2.37. The van der Waals surface area contributed by atoms with E-state index >= 15 is 0 Å². The average Bonchev–Trinajstić information content (AvgIpc) is 3.29. The highest BCUT2D eigenvalue weighted by atomic mass is 35.5. The van der Waals surface area contributed by atoms with Crippen LogP contribution in [-0.4, -0.2) is 47.2 Å². The minimum absolute atomic E-state index is 0.0725. The number of carbonyl (C=O) groups excluding carboxylic acids is 1. The molecule has 2 fully saturated rings. The van der Waals surface area contributed by atoms with Crippen LogP contribution in [0.5, 0.6) is 0 Å². The zero-order chi connectivity index (χ0) is 18.0. The fourth-order valence-corrected chi connectivity index (χ4v) is 3.55. The van der Waals surface area contributed by atoms with Crippen molar-refractivity contribution in [3.8, 4) is 0 Å². The van der Waals surface area contributed by atoms with Gasteiger partial charge in [0.25, 0.3) is 0 Å². The van der Waals surface area contributed by atoms with Gasteiger partial charge >= 0.3 is 12.0 Å². The van der Waals surface area contributed by atoms with Crippen molar-refractivity contribution in [2.24, 2.45) is 5.92 Å². The number of nitrogens with one attached hydrogen (secondary N) is 2. The van der Waals surface area contributed by atoms with E-state index in [1.165, 1.54) is 12.8 Å². The molecule has 0 spiro atoms. The lowest BCUT2D eigenvalue weighted by Gasteiger charge is -2.42. The van der Waals surface area contributed by atoms with Crippen LogP contribution in [0.1, 0.15) is 31.2 Å². The molecule has 6 nitrogen and oxygen atoms in total. The standard InChI is InChI=1S/C18H24ClN3O3/c1-11-3-2-4-15(19)17(11)21-18(25)20-13-7-14(8-13)22(10-16(23)24)9-12-5-6-12/h2-4,12-14H,5-10H2,1H3,(H,23,24)(H2,20,21,25). The molecular formula is C18H24ClN3O3. The molecule has 0 aliphatic heterocycles. The monoisotopic (exact) mass is 365 g/mol. The first-order valence-corrected chi connectivity index (χ1v) is 9.08. The highest BCUT2D eigenvalue weighted by Crippen LogP contribution is 2.34. The number of aryl methyl sites for hydroxylation is 1. The van der Waals surface area contributed by atoms with Crippen molar-refractivity contribution < 1.29 is 14.7 Å². The van der Waals surface area contributed by atoms with E-state index < -0.39 is 5.97 Å². The van der Waals surface area contributed by atoms with Crippen LogP contribution in [0, 0.1) is 12.8 Å². The minimum Gasteiger partial charge on any atom is -0.480 e. The van der Waals surface area contributed by atoms with E-state index in [4.69, 9.17) is 16.7 Å². The number of carboxylic acid groups (broad SMARTS) is 1. The first-order chi connectivity index (χ1) is 11.9. The van der Waals surface area contributed by atoms with Gasteiger partial charge in [-0.3, -0.25) is 9.69 Å². The van der Waals surface area contributed by atoms with Gasteiger partial charge in [0.1, 0.15) is 0 Å². The number of anilines is 1. The van der Waals surface area contributed by atoms with Gasteiger partial charge in [0.2, 0.25) is 0 Å². The van der Waals surface area contributed by atoms with Crippen LogP contribution in [-0.2, 0) is 4.79 Å². The molecule has 25 heavy (non-hydrogen) atoms. The first kappa shape index (κ1) is 18.0. The van der Waals surface area contributed by atoms with Gasteiger partial charge in [-0.25, -0.2) is 4.79 Å². The van der Waals surface area contributed by atoms with Gasteiger partial charge < -0.3 is 15.7 Å². The lowest BCUT2D eigenvalue weighted by molar-refractivity contribution is -0.139. The van der Waals surface area contributed by atoms with Gasteiger partial charge in [0, 0.05) is 18.6 Å². The Kier molecular flexibility index (Phi) is 5.49. The molecule has 3 N–H and O–H groups in total. The Bertz CT molecular complexity index is 637. The third-order valence-electron chi connectivity index (χ3n) is 4.95. The Morgan fingerprint density at radius 2 is 2.04 bits per heavy atom. The average molecular weight is 366 g/mol. The summed E-state index contributed by atoms with van der Waals surface area (Å²) in [5, 5.41) is 15.3. The second-order valence-corrected chi connectivity index (χ2v) is 7.53. The summed E-state index contributed by atoms with van der Waals surface area (Å²) in [6.45, 7) is 2.83. The second-order valence-electron chi connectivity index (χ2n) is 7.12. The van der Waals surface area contributed by atoms with Gasteiger partial charge in [-0.15, -0.1) is 0 Å². The molecule has 0 heterocycles. The lowest BCUT2D eigenvalue weighted by Crippen LogP contribution is -2.55. The highest BCUT2D eigenvalue weighted by molar-refractivity contribution is 6.33. The van der Waals surface area contributed by atoms with Crippen LogP contribution in [0.15, 0.2) is 18.2 Å². The Labute approximate surface area is 152 Å². The SMILES string of the molecule is Cc1cccc(Cl)c1NC(=O)NC1CC(N(CC(=O)O)CC2CC2)C1. The number of para-hydroxylation sites is 1. The second kappa shape index (κ2) is 7.62. The molecule has 1 aromatic carbocycles. The molecule has 2 saturated carbocycles. The third kappa shape index (κ3) is 4.86. The smallest absolute Gasteiger partial charge is 0.319 e. The Balaban J connectivity index is 1.47. The number of benzene rings is 1. The number of carboxylic acids is 1. The summed E-state index contributed by atoms with van der Waals surface area (Å²) >= 11 is 6.12. The largest absolute Gasteiger partial charge is 0.480 e. The number of hydrogen-bond acceptors (Lipinski definition) is 3. The van der Waals surface area contributed by atoms with E-state index in [0.717, 1.165) is 24.9 Å². The molecule has 2 amide bonds. The molecule has 0 aromatic heterocycles. The quantitative estimate of drug-likeness (QED) is 0.693. The number of amides is 2. The number of halogens is 1. The van der Waals surface area contributed by atoms with Gasteiger partial charge in [-0.2, -0.15) is 0 Å². The summed E-state index contributed by atoms with van der Waals surface area (Å²) in [5.41, 5.74) is 1.53.